The standard InChI is InChI=1S/C11H17NO2S/c1-9(2)15(13,14)8-7-10-5-3-4-6-11(10)12/h3-6,9H,7-8,12H2,1-2H3. The van der Waals surface area contributed by atoms with E-state index in [1.54, 1.807) is 19.9 Å². The summed E-state index contributed by atoms with van der Waals surface area (Å²) < 4.78 is 23.1. The van der Waals surface area contributed by atoms with Crippen LogP contribution < -0.4 is 5.73 Å². The predicted octanol–water partition coefficient (Wildman–Crippen LogP) is 1.63. The third-order valence-corrected chi connectivity index (χ3v) is 4.64. The predicted molar refractivity (Wildman–Crippen MR) is 63.5 cm³/mol. The first-order valence-corrected chi connectivity index (χ1v) is 6.70. The summed E-state index contributed by atoms with van der Waals surface area (Å²) >= 11 is 0. The molecule has 0 radical (unpaired) electrons. The van der Waals surface area contributed by atoms with E-state index in [0.29, 0.717) is 12.1 Å². The van der Waals surface area contributed by atoms with E-state index in [1.165, 1.54) is 0 Å². The molecule has 84 valence electrons. The van der Waals surface area contributed by atoms with Crippen molar-refractivity contribution in [2.24, 2.45) is 0 Å². The van der Waals surface area contributed by atoms with E-state index in [2.05, 4.69) is 0 Å². The highest BCUT2D eigenvalue weighted by molar-refractivity contribution is 7.91. The number of hydrogen-bond donors (Lipinski definition) is 1. The second-order valence-corrected chi connectivity index (χ2v) is 6.54. The van der Waals surface area contributed by atoms with Crippen LogP contribution in [0.25, 0.3) is 0 Å². The molecule has 0 saturated heterocycles. The number of nitrogens with two attached hydrogens (primary N) is 1. The Bertz CT molecular complexity index is 424. The Labute approximate surface area is 91.2 Å². The third-order valence-electron chi connectivity index (χ3n) is 2.43. The molecule has 15 heavy (non-hydrogen) atoms. The maximum atomic E-state index is 11.6. The summed E-state index contributed by atoms with van der Waals surface area (Å²) in [5.41, 5.74) is 7.30. The molecule has 0 saturated carbocycles. The Morgan fingerprint density at radius 3 is 2.40 bits per heavy atom. The normalized spacial score (nSPS) is 11.9. The molecule has 0 amide bonds. The van der Waals surface area contributed by atoms with Crippen molar-refractivity contribution in [2.45, 2.75) is 25.5 Å². The molecule has 0 aliphatic carbocycles. The summed E-state index contributed by atoms with van der Waals surface area (Å²) in [6.45, 7) is 3.40. The Kier molecular flexibility index (Phi) is 3.74. The van der Waals surface area contributed by atoms with Gasteiger partial charge in [-0.05, 0) is 31.9 Å². The Morgan fingerprint density at radius 1 is 1.27 bits per heavy atom. The van der Waals surface area contributed by atoms with Crippen LogP contribution in [-0.4, -0.2) is 19.4 Å². The van der Waals surface area contributed by atoms with Gasteiger partial charge in [-0.25, -0.2) is 8.42 Å². The van der Waals surface area contributed by atoms with Crippen molar-refractivity contribution in [2.75, 3.05) is 11.5 Å². The first kappa shape index (κ1) is 12.0. The van der Waals surface area contributed by atoms with Crippen molar-refractivity contribution in [3.8, 4) is 0 Å². The van der Waals surface area contributed by atoms with Crippen LogP contribution in [0.15, 0.2) is 24.3 Å². The van der Waals surface area contributed by atoms with Gasteiger partial charge >= 0.3 is 0 Å². The summed E-state index contributed by atoms with van der Waals surface area (Å²) in [5.74, 6) is 0.166. The maximum Gasteiger partial charge on any atom is 0.152 e. The van der Waals surface area contributed by atoms with Gasteiger partial charge in [-0.15, -0.1) is 0 Å². The van der Waals surface area contributed by atoms with Crippen LogP contribution in [0, 0.1) is 0 Å². The summed E-state index contributed by atoms with van der Waals surface area (Å²) in [7, 11) is -2.97. The van der Waals surface area contributed by atoms with Gasteiger partial charge in [0.1, 0.15) is 0 Å². The SMILES string of the molecule is CC(C)S(=O)(=O)CCc1ccccc1N. The highest BCUT2D eigenvalue weighted by atomic mass is 32.2. The zero-order valence-corrected chi connectivity index (χ0v) is 9.92. The molecule has 0 spiro atoms. The number of para-hydroxylation sites is 1. The van der Waals surface area contributed by atoms with Crippen LogP contribution in [0.5, 0.6) is 0 Å². The van der Waals surface area contributed by atoms with Gasteiger partial charge in [0.15, 0.2) is 9.84 Å². The molecule has 0 aliphatic rings. The number of rotatable bonds is 4. The highest BCUT2D eigenvalue weighted by Crippen LogP contribution is 2.13. The van der Waals surface area contributed by atoms with Crippen molar-refractivity contribution in [3.05, 3.63) is 29.8 Å². The first-order chi connectivity index (χ1) is 6.93. The summed E-state index contributed by atoms with van der Waals surface area (Å²) in [4.78, 5) is 0. The molecule has 0 bridgehead atoms. The van der Waals surface area contributed by atoms with E-state index >= 15 is 0 Å². The maximum absolute atomic E-state index is 11.6. The lowest BCUT2D eigenvalue weighted by Gasteiger charge is -2.08. The van der Waals surface area contributed by atoms with Crippen molar-refractivity contribution >= 4 is 15.5 Å². The molecule has 0 atom stereocenters. The van der Waals surface area contributed by atoms with E-state index in [9.17, 15) is 8.42 Å². The van der Waals surface area contributed by atoms with Gasteiger partial charge in [-0.3, -0.25) is 0 Å². The van der Waals surface area contributed by atoms with E-state index < -0.39 is 9.84 Å². The average molecular weight is 227 g/mol. The fraction of sp³-hybridized carbons (Fsp3) is 0.455. The fourth-order valence-corrected chi connectivity index (χ4v) is 2.23. The second-order valence-electron chi connectivity index (χ2n) is 3.86. The topological polar surface area (TPSA) is 60.2 Å². The number of aryl methyl sites for hydroxylation is 1. The van der Waals surface area contributed by atoms with E-state index in [-0.39, 0.29) is 11.0 Å². The number of anilines is 1. The molecule has 0 fully saturated rings. The molecule has 2 N–H and O–H groups in total. The lowest BCUT2D eigenvalue weighted by atomic mass is 10.1. The quantitative estimate of drug-likeness (QED) is 0.795. The van der Waals surface area contributed by atoms with Crippen LogP contribution in [0.4, 0.5) is 5.69 Å². The minimum Gasteiger partial charge on any atom is -0.399 e. The number of sulfone groups is 1. The lowest BCUT2D eigenvalue weighted by molar-refractivity contribution is 0.586. The minimum absolute atomic E-state index is 0.166. The van der Waals surface area contributed by atoms with E-state index in [0.717, 1.165) is 5.56 Å². The summed E-state index contributed by atoms with van der Waals surface area (Å²) in [6.07, 6.45) is 0.493. The molecule has 1 rings (SSSR count). The number of hydrogen-bond acceptors (Lipinski definition) is 3. The molecule has 0 unspecified atom stereocenters. The van der Waals surface area contributed by atoms with Gasteiger partial charge < -0.3 is 5.73 Å². The van der Waals surface area contributed by atoms with Crippen molar-refractivity contribution in [1.82, 2.24) is 0 Å². The molecule has 0 aliphatic heterocycles. The van der Waals surface area contributed by atoms with Gasteiger partial charge in [-0.2, -0.15) is 0 Å². The van der Waals surface area contributed by atoms with Crippen LogP contribution >= 0.6 is 0 Å². The summed E-state index contributed by atoms with van der Waals surface area (Å²) in [5, 5.41) is -0.317. The van der Waals surface area contributed by atoms with E-state index in [4.69, 9.17) is 5.73 Å². The van der Waals surface area contributed by atoms with Crippen LogP contribution in [-0.2, 0) is 16.3 Å². The fourth-order valence-electron chi connectivity index (χ4n) is 1.25. The van der Waals surface area contributed by atoms with Crippen LogP contribution in [0.3, 0.4) is 0 Å². The molecule has 0 heterocycles. The van der Waals surface area contributed by atoms with E-state index in [1.807, 2.05) is 18.2 Å². The Balaban J connectivity index is 2.70. The second kappa shape index (κ2) is 4.66. The molecule has 4 heteroatoms. The highest BCUT2D eigenvalue weighted by Gasteiger charge is 2.16. The molecule has 1 aromatic carbocycles. The molecule has 0 aromatic heterocycles. The zero-order valence-electron chi connectivity index (χ0n) is 9.10. The van der Waals surface area contributed by atoms with Gasteiger partial charge in [-0.1, -0.05) is 18.2 Å². The monoisotopic (exact) mass is 227 g/mol. The molecular formula is C11H17NO2S. The average Bonchev–Trinajstić information content (AvgIpc) is 2.16. The van der Waals surface area contributed by atoms with Crippen LogP contribution in [0.2, 0.25) is 0 Å². The number of nitrogen functional groups attached to an aromatic ring is 1. The zero-order chi connectivity index (χ0) is 11.5. The molecule has 3 nitrogen and oxygen atoms in total. The van der Waals surface area contributed by atoms with Gasteiger partial charge in [0.2, 0.25) is 0 Å². The van der Waals surface area contributed by atoms with Gasteiger partial charge in [0, 0.05) is 5.69 Å². The Morgan fingerprint density at radius 2 is 1.87 bits per heavy atom. The van der Waals surface area contributed by atoms with Crippen molar-refractivity contribution in [3.63, 3.8) is 0 Å². The molecule has 1 aromatic rings. The van der Waals surface area contributed by atoms with Crippen molar-refractivity contribution < 1.29 is 8.42 Å². The summed E-state index contributed by atoms with van der Waals surface area (Å²) in [6, 6.07) is 7.37. The van der Waals surface area contributed by atoms with Gasteiger partial charge in [0.25, 0.3) is 0 Å². The molecular weight excluding hydrogens is 210 g/mol. The minimum atomic E-state index is -2.97. The van der Waals surface area contributed by atoms with Gasteiger partial charge in [0.05, 0.1) is 11.0 Å². The first-order valence-electron chi connectivity index (χ1n) is 4.98. The Hall–Kier alpha value is -1.03. The third kappa shape index (κ3) is 3.23. The lowest BCUT2D eigenvalue weighted by Crippen LogP contribution is -2.19. The van der Waals surface area contributed by atoms with Crippen LogP contribution in [0.1, 0.15) is 19.4 Å². The van der Waals surface area contributed by atoms with Crippen molar-refractivity contribution in [1.29, 1.82) is 0 Å². The smallest absolute Gasteiger partial charge is 0.152 e. The number of benzene rings is 1. The largest absolute Gasteiger partial charge is 0.399 e.